The van der Waals surface area contributed by atoms with Crippen LogP contribution >= 0.6 is 21.6 Å². The van der Waals surface area contributed by atoms with Crippen LogP contribution < -0.4 is 16.7 Å². The molecule has 0 aliphatic heterocycles. The topological polar surface area (TPSA) is 159 Å². The molecule has 0 unspecified atom stereocenters. The second-order valence-electron chi connectivity index (χ2n) is 8.16. The molecule has 0 aliphatic rings. The molecule has 4 amide bonds. The van der Waals surface area contributed by atoms with Crippen molar-refractivity contribution in [2.45, 2.75) is 52.7 Å². The van der Waals surface area contributed by atoms with Gasteiger partial charge in [0.05, 0.1) is 0 Å². The Bertz CT molecular complexity index is 577. The highest BCUT2D eigenvalue weighted by molar-refractivity contribution is 8.76. The predicted molar refractivity (Wildman–Crippen MR) is 121 cm³/mol. The quantitative estimate of drug-likeness (QED) is 0.204. The monoisotopic (exact) mass is 498 g/mol. The minimum absolute atomic E-state index is 0.0610. The summed E-state index contributed by atoms with van der Waals surface area (Å²) in [5.74, 6) is -0.271. The summed E-state index contributed by atoms with van der Waals surface area (Å²) in [4.78, 5) is 58.7. The number of hydrogen-bond donors (Lipinski definition) is 3. The van der Waals surface area contributed by atoms with Crippen LogP contribution in [0.2, 0.25) is 0 Å². The Balaban J connectivity index is 4.69. The number of hydrogen-bond acceptors (Lipinski definition) is 11. The molecule has 0 bridgehead atoms. The minimum atomic E-state index is -0.873. The van der Waals surface area contributed by atoms with E-state index in [2.05, 4.69) is 0 Å². The van der Waals surface area contributed by atoms with Crippen molar-refractivity contribution < 1.29 is 38.3 Å². The highest BCUT2D eigenvalue weighted by Crippen LogP contribution is 2.20. The second-order valence-corrected chi connectivity index (χ2v) is 10.9. The van der Waals surface area contributed by atoms with E-state index in [1.807, 2.05) is 11.0 Å². The molecule has 0 radical (unpaired) electrons. The third kappa shape index (κ3) is 16.9. The van der Waals surface area contributed by atoms with Crippen LogP contribution in [0, 0.1) is 0 Å². The Morgan fingerprint density at radius 3 is 1.56 bits per heavy atom. The normalized spacial score (nSPS) is 11.5. The number of nitrogens with one attached hydrogen (secondary N) is 2. The zero-order valence-electron chi connectivity index (χ0n) is 19.3. The van der Waals surface area contributed by atoms with E-state index in [1.54, 1.807) is 41.5 Å². The number of carbonyl (C=O) groups is 4. The molecule has 0 heterocycles. The molecular formula is C18H34N4O8S2. The minimum Gasteiger partial charge on any atom is -0.442 e. The summed E-state index contributed by atoms with van der Waals surface area (Å²) in [5.41, 5.74) is 7.91. The molecule has 14 heteroatoms. The van der Waals surface area contributed by atoms with Crippen LogP contribution in [0.5, 0.6) is 0 Å². The standard InChI is InChI=1S/C18H34N4O8S2/c1-17(2,3)29-15(25)20-27-11-13(23)22(8-10-32-31-9-7-19)14(24)12-28-21-16(26)30-18(4,5)6/h7-12,19H2,1-6H3,(H,20,25)(H,21,26). The third-order valence-corrected chi connectivity index (χ3v) is 5.20. The number of imide groups is 1. The molecule has 0 fully saturated rings. The maximum Gasteiger partial charge on any atom is 0.431 e. The van der Waals surface area contributed by atoms with E-state index in [0.29, 0.717) is 12.3 Å². The SMILES string of the molecule is CC(C)(C)OC(=O)NOCC(=O)N(CCSSCCN)C(=O)CONC(=O)OC(C)(C)C. The van der Waals surface area contributed by atoms with E-state index in [9.17, 15) is 19.2 Å². The van der Waals surface area contributed by atoms with Gasteiger partial charge in [-0.25, -0.2) is 9.59 Å². The van der Waals surface area contributed by atoms with Gasteiger partial charge in [0.25, 0.3) is 11.8 Å². The van der Waals surface area contributed by atoms with Crippen LogP contribution in [0.4, 0.5) is 9.59 Å². The van der Waals surface area contributed by atoms with Crippen LogP contribution in [0.15, 0.2) is 0 Å². The van der Waals surface area contributed by atoms with Crippen LogP contribution in [0.25, 0.3) is 0 Å². The number of rotatable bonds is 12. The van der Waals surface area contributed by atoms with E-state index in [-0.39, 0.29) is 6.54 Å². The molecule has 186 valence electrons. The summed E-state index contributed by atoms with van der Waals surface area (Å²) in [6.07, 6.45) is -1.75. The van der Waals surface area contributed by atoms with Gasteiger partial charge in [-0.2, -0.15) is 11.0 Å². The maximum absolute atomic E-state index is 12.4. The van der Waals surface area contributed by atoms with Gasteiger partial charge in [0.1, 0.15) is 11.2 Å². The smallest absolute Gasteiger partial charge is 0.431 e. The van der Waals surface area contributed by atoms with E-state index in [0.717, 1.165) is 10.7 Å². The molecule has 0 aliphatic carbocycles. The van der Waals surface area contributed by atoms with Crippen molar-refractivity contribution in [3.63, 3.8) is 0 Å². The first kappa shape index (κ1) is 30.3. The van der Waals surface area contributed by atoms with Gasteiger partial charge in [-0.1, -0.05) is 21.6 Å². The van der Waals surface area contributed by atoms with Crippen molar-refractivity contribution in [3.05, 3.63) is 0 Å². The first-order chi connectivity index (χ1) is 14.7. The Kier molecular flexibility index (Phi) is 14.3. The fourth-order valence-corrected chi connectivity index (χ4v) is 3.56. The molecule has 0 aromatic heterocycles. The van der Waals surface area contributed by atoms with Gasteiger partial charge in [0.15, 0.2) is 13.2 Å². The lowest BCUT2D eigenvalue weighted by molar-refractivity contribution is -0.152. The molecule has 4 N–H and O–H groups in total. The number of hydroxylamine groups is 2. The maximum atomic E-state index is 12.4. The second kappa shape index (κ2) is 15.2. The van der Waals surface area contributed by atoms with Gasteiger partial charge in [-0.3, -0.25) is 24.2 Å². The molecule has 0 rings (SSSR count). The molecule has 0 saturated heterocycles. The van der Waals surface area contributed by atoms with Gasteiger partial charge in [0.2, 0.25) is 0 Å². The lowest BCUT2D eigenvalue weighted by atomic mass is 10.2. The zero-order valence-corrected chi connectivity index (χ0v) is 21.0. The number of nitrogens with zero attached hydrogens (tertiary/aromatic N) is 1. The van der Waals surface area contributed by atoms with Crippen molar-refractivity contribution in [2.24, 2.45) is 5.73 Å². The third-order valence-electron chi connectivity index (χ3n) is 2.78. The van der Waals surface area contributed by atoms with E-state index < -0.39 is 48.4 Å². The fourth-order valence-electron chi connectivity index (χ4n) is 1.75. The van der Waals surface area contributed by atoms with E-state index >= 15 is 0 Å². The summed E-state index contributed by atoms with van der Waals surface area (Å²) in [5, 5.41) is 0. The Hall–Kier alpha value is -1.74. The predicted octanol–water partition coefficient (Wildman–Crippen LogP) is 1.59. The van der Waals surface area contributed by atoms with Crippen molar-refractivity contribution >= 4 is 45.6 Å². The average Bonchev–Trinajstić information content (AvgIpc) is 2.61. The zero-order chi connectivity index (χ0) is 24.8. The number of ether oxygens (including phenoxy) is 2. The van der Waals surface area contributed by atoms with E-state index in [4.69, 9.17) is 24.9 Å². The lowest BCUT2D eigenvalue weighted by Gasteiger charge is -2.22. The molecule has 12 nitrogen and oxygen atoms in total. The summed E-state index contributed by atoms with van der Waals surface area (Å²) in [6, 6.07) is 0. The summed E-state index contributed by atoms with van der Waals surface area (Å²) in [7, 11) is 2.95. The number of carbonyl (C=O) groups excluding carboxylic acids is 4. The Morgan fingerprint density at radius 2 is 1.19 bits per heavy atom. The highest BCUT2D eigenvalue weighted by Gasteiger charge is 2.24. The Labute approximate surface area is 196 Å². The summed E-state index contributed by atoms with van der Waals surface area (Å²) >= 11 is 0. The van der Waals surface area contributed by atoms with Crippen molar-refractivity contribution in [2.75, 3.05) is 37.8 Å². The average molecular weight is 499 g/mol. The molecule has 0 aromatic rings. The van der Waals surface area contributed by atoms with Crippen LogP contribution in [-0.2, 0) is 28.7 Å². The number of amides is 4. The molecular weight excluding hydrogens is 464 g/mol. The van der Waals surface area contributed by atoms with Gasteiger partial charge in [0, 0.05) is 24.6 Å². The summed E-state index contributed by atoms with van der Waals surface area (Å²) < 4.78 is 9.97. The van der Waals surface area contributed by atoms with Gasteiger partial charge in [-0.15, -0.1) is 0 Å². The van der Waals surface area contributed by atoms with Crippen molar-refractivity contribution in [3.8, 4) is 0 Å². The van der Waals surface area contributed by atoms with Crippen LogP contribution in [-0.4, -0.2) is 77.9 Å². The van der Waals surface area contributed by atoms with Gasteiger partial charge in [-0.05, 0) is 41.5 Å². The first-order valence-corrected chi connectivity index (χ1v) is 12.2. The molecule has 32 heavy (non-hydrogen) atoms. The molecule has 0 atom stereocenters. The number of nitrogens with two attached hydrogens (primary N) is 1. The molecule has 0 saturated carbocycles. The largest absolute Gasteiger partial charge is 0.442 e. The Morgan fingerprint density at radius 1 is 0.781 bits per heavy atom. The lowest BCUT2D eigenvalue weighted by Crippen LogP contribution is -2.45. The molecule has 0 aromatic carbocycles. The van der Waals surface area contributed by atoms with Crippen LogP contribution in [0.1, 0.15) is 41.5 Å². The van der Waals surface area contributed by atoms with Gasteiger partial charge < -0.3 is 15.2 Å². The van der Waals surface area contributed by atoms with Gasteiger partial charge >= 0.3 is 12.2 Å². The fraction of sp³-hybridized carbons (Fsp3) is 0.778. The van der Waals surface area contributed by atoms with Crippen LogP contribution in [0.3, 0.4) is 0 Å². The van der Waals surface area contributed by atoms with Crippen molar-refractivity contribution in [1.82, 2.24) is 15.9 Å². The van der Waals surface area contributed by atoms with E-state index in [1.165, 1.54) is 21.6 Å². The van der Waals surface area contributed by atoms with Crippen molar-refractivity contribution in [1.29, 1.82) is 0 Å². The highest BCUT2D eigenvalue weighted by atomic mass is 33.1. The molecule has 0 spiro atoms. The first-order valence-electron chi connectivity index (χ1n) is 9.74. The summed E-state index contributed by atoms with van der Waals surface area (Å²) in [6.45, 7) is 9.38.